The summed E-state index contributed by atoms with van der Waals surface area (Å²) in [6, 6.07) is 4.28. The topological polar surface area (TPSA) is 26.3 Å². The van der Waals surface area contributed by atoms with E-state index in [9.17, 15) is 9.18 Å². The maximum atomic E-state index is 13.6. The van der Waals surface area contributed by atoms with E-state index in [0.717, 1.165) is 25.7 Å². The van der Waals surface area contributed by atoms with Crippen LogP contribution in [0.3, 0.4) is 0 Å². The van der Waals surface area contributed by atoms with Gasteiger partial charge in [0.05, 0.1) is 0 Å². The molecule has 1 aliphatic rings. The standard InChI is InChI=1S/C14H16ClFO2/c1-18-14(6-2-3-7-14)13(17)9-10-8-11(15)4-5-12(10)16/h4-5,8H,2-3,6-7,9H2,1H3. The molecule has 0 spiro atoms. The lowest BCUT2D eigenvalue weighted by molar-refractivity contribution is -0.139. The van der Waals surface area contributed by atoms with Crippen molar-refractivity contribution in [3.63, 3.8) is 0 Å². The molecule has 0 N–H and O–H groups in total. The summed E-state index contributed by atoms with van der Waals surface area (Å²) in [5.74, 6) is -0.444. The number of ketones is 1. The predicted molar refractivity (Wildman–Crippen MR) is 68.3 cm³/mol. The SMILES string of the molecule is COC1(C(=O)Cc2cc(Cl)ccc2F)CCCC1. The lowest BCUT2D eigenvalue weighted by atomic mass is 9.91. The van der Waals surface area contributed by atoms with Crippen LogP contribution in [0, 0.1) is 5.82 Å². The van der Waals surface area contributed by atoms with Crippen molar-refractivity contribution in [2.24, 2.45) is 0 Å². The Morgan fingerprint density at radius 1 is 1.44 bits per heavy atom. The van der Waals surface area contributed by atoms with Gasteiger partial charge in [-0.25, -0.2) is 4.39 Å². The van der Waals surface area contributed by atoms with Crippen molar-refractivity contribution in [1.82, 2.24) is 0 Å². The lowest BCUT2D eigenvalue weighted by Crippen LogP contribution is -2.39. The van der Waals surface area contributed by atoms with E-state index in [1.54, 1.807) is 7.11 Å². The van der Waals surface area contributed by atoms with Crippen molar-refractivity contribution < 1.29 is 13.9 Å². The minimum Gasteiger partial charge on any atom is -0.370 e. The third-order valence-corrected chi connectivity index (χ3v) is 3.90. The van der Waals surface area contributed by atoms with E-state index in [0.29, 0.717) is 10.6 Å². The van der Waals surface area contributed by atoms with Gasteiger partial charge >= 0.3 is 0 Å². The molecule has 1 aliphatic carbocycles. The fourth-order valence-electron chi connectivity index (χ4n) is 2.56. The van der Waals surface area contributed by atoms with Crippen LogP contribution in [0.1, 0.15) is 31.2 Å². The van der Waals surface area contributed by atoms with E-state index in [2.05, 4.69) is 0 Å². The highest BCUT2D eigenvalue weighted by molar-refractivity contribution is 6.30. The molecule has 0 atom stereocenters. The van der Waals surface area contributed by atoms with Gasteiger partial charge in [0, 0.05) is 18.6 Å². The van der Waals surface area contributed by atoms with E-state index in [1.165, 1.54) is 18.2 Å². The highest BCUT2D eigenvalue weighted by Gasteiger charge is 2.40. The van der Waals surface area contributed by atoms with Gasteiger partial charge in [0.2, 0.25) is 0 Å². The molecule has 0 unspecified atom stereocenters. The molecule has 0 amide bonds. The summed E-state index contributed by atoms with van der Waals surface area (Å²) in [6.07, 6.45) is 3.46. The molecule has 0 aliphatic heterocycles. The zero-order valence-corrected chi connectivity index (χ0v) is 11.1. The first-order valence-corrected chi connectivity index (χ1v) is 6.47. The molecule has 2 rings (SSSR count). The summed E-state index contributed by atoms with van der Waals surface area (Å²) < 4.78 is 19.0. The van der Waals surface area contributed by atoms with Crippen LogP contribution in [-0.4, -0.2) is 18.5 Å². The van der Waals surface area contributed by atoms with E-state index < -0.39 is 11.4 Å². The second kappa shape index (κ2) is 5.37. The highest BCUT2D eigenvalue weighted by atomic mass is 35.5. The van der Waals surface area contributed by atoms with Gasteiger partial charge in [0.1, 0.15) is 11.4 Å². The van der Waals surface area contributed by atoms with Gasteiger partial charge in [-0.05, 0) is 49.4 Å². The van der Waals surface area contributed by atoms with Gasteiger partial charge in [0.25, 0.3) is 0 Å². The summed E-state index contributed by atoms with van der Waals surface area (Å²) in [6.45, 7) is 0. The van der Waals surface area contributed by atoms with Gasteiger partial charge in [-0.1, -0.05) is 11.6 Å². The molecule has 1 saturated carbocycles. The number of Topliss-reactive ketones (excluding diaryl/α,β-unsaturated/α-hetero) is 1. The molecule has 0 saturated heterocycles. The van der Waals surface area contributed by atoms with Crippen molar-refractivity contribution in [2.75, 3.05) is 7.11 Å². The van der Waals surface area contributed by atoms with Crippen molar-refractivity contribution in [1.29, 1.82) is 0 Å². The first kappa shape index (κ1) is 13.5. The Kier molecular flexibility index (Phi) is 4.03. The highest BCUT2D eigenvalue weighted by Crippen LogP contribution is 2.34. The molecule has 1 aromatic rings. The molecule has 0 heterocycles. The second-order valence-corrected chi connectivity index (χ2v) is 5.18. The number of benzene rings is 1. The van der Waals surface area contributed by atoms with E-state index in [4.69, 9.17) is 16.3 Å². The number of carbonyl (C=O) groups excluding carboxylic acids is 1. The lowest BCUT2D eigenvalue weighted by Gasteiger charge is -2.25. The van der Waals surface area contributed by atoms with Crippen LogP contribution in [0.15, 0.2) is 18.2 Å². The summed E-state index contributed by atoms with van der Waals surface area (Å²) >= 11 is 5.82. The molecule has 0 radical (unpaired) electrons. The molecule has 0 bridgehead atoms. The Morgan fingerprint density at radius 3 is 2.72 bits per heavy atom. The number of carbonyl (C=O) groups is 1. The second-order valence-electron chi connectivity index (χ2n) is 4.74. The number of hydrogen-bond acceptors (Lipinski definition) is 2. The average molecular weight is 271 g/mol. The number of methoxy groups -OCH3 is 1. The Hall–Kier alpha value is -0.930. The first-order chi connectivity index (χ1) is 8.57. The zero-order chi connectivity index (χ0) is 13.2. The van der Waals surface area contributed by atoms with Crippen LogP contribution in [0.2, 0.25) is 5.02 Å². The van der Waals surface area contributed by atoms with Gasteiger partial charge in [0.15, 0.2) is 5.78 Å². The smallest absolute Gasteiger partial charge is 0.169 e. The van der Waals surface area contributed by atoms with E-state index in [1.807, 2.05) is 0 Å². The van der Waals surface area contributed by atoms with Crippen molar-refractivity contribution in [3.05, 3.63) is 34.6 Å². The van der Waals surface area contributed by atoms with Gasteiger partial charge in [-0.2, -0.15) is 0 Å². The Balaban J connectivity index is 2.18. The van der Waals surface area contributed by atoms with Gasteiger partial charge in [-0.15, -0.1) is 0 Å². The Bertz CT molecular complexity index is 453. The van der Waals surface area contributed by atoms with Crippen LogP contribution < -0.4 is 0 Å². The molecule has 4 heteroatoms. The van der Waals surface area contributed by atoms with E-state index in [-0.39, 0.29) is 12.2 Å². The van der Waals surface area contributed by atoms with Crippen molar-refractivity contribution in [3.8, 4) is 0 Å². The van der Waals surface area contributed by atoms with Crippen LogP contribution in [0.4, 0.5) is 4.39 Å². The predicted octanol–water partition coefficient (Wildman–Crippen LogP) is 3.55. The Labute approximate surface area is 111 Å². The maximum Gasteiger partial charge on any atom is 0.169 e. The monoisotopic (exact) mass is 270 g/mol. The molecular weight excluding hydrogens is 255 g/mol. The van der Waals surface area contributed by atoms with Gasteiger partial charge in [-0.3, -0.25) is 4.79 Å². The molecular formula is C14H16ClFO2. The number of hydrogen-bond donors (Lipinski definition) is 0. The fraction of sp³-hybridized carbons (Fsp3) is 0.500. The minimum absolute atomic E-state index is 0.0419. The molecule has 1 aromatic carbocycles. The maximum absolute atomic E-state index is 13.6. The van der Waals surface area contributed by atoms with Crippen LogP contribution in [-0.2, 0) is 16.0 Å². The first-order valence-electron chi connectivity index (χ1n) is 6.10. The summed E-state index contributed by atoms with van der Waals surface area (Å²) in [5, 5.41) is 0.442. The van der Waals surface area contributed by atoms with Crippen molar-refractivity contribution >= 4 is 17.4 Å². The van der Waals surface area contributed by atoms with Crippen LogP contribution in [0.5, 0.6) is 0 Å². The largest absolute Gasteiger partial charge is 0.370 e. The molecule has 2 nitrogen and oxygen atoms in total. The molecule has 0 aromatic heterocycles. The van der Waals surface area contributed by atoms with E-state index >= 15 is 0 Å². The average Bonchev–Trinajstić information content (AvgIpc) is 2.84. The van der Waals surface area contributed by atoms with Crippen molar-refractivity contribution in [2.45, 2.75) is 37.7 Å². The Morgan fingerprint density at radius 2 is 2.11 bits per heavy atom. The number of ether oxygens (including phenoxy) is 1. The molecule has 18 heavy (non-hydrogen) atoms. The number of halogens is 2. The summed E-state index contributed by atoms with van der Waals surface area (Å²) in [4.78, 5) is 12.3. The normalized spacial score (nSPS) is 17.9. The van der Waals surface area contributed by atoms with Crippen LogP contribution in [0.25, 0.3) is 0 Å². The summed E-state index contributed by atoms with van der Waals surface area (Å²) in [7, 11) is 1.55. The molecule has 1 fully saturated rings. The summed E-state index contributed by atoms with van der Waals surface area (Å²) in [5.41, 5.74) is -0.370. The zero-order valence-electron chi connectivity index (χ0n) is 10.3. The van der Waals surface area contributed by atoms with Crippen LogP contribution >= 0.6 is 11.6 Å². The van der Waals surface area contributed by atoms with Gasteiger partial charge < -0.3 is 4.74 Å². The third-order valence-electron chi connectivity index (χ3n) is 3.67. The molecule has 98 valence electrons. The fourth-order valence-corrected chi connectivity index (χ4v) is 2.75. The number of rotatable bonds is 4. The third kappa shape index (κ3) is 2.57. The minimum atomic E-state index is -0.714. The quantitative estimate of drug-likeness (QED) is 0.836.